The average Bonchev–Trinajstić information content (AvgIpc) is 2.65. The van der Waals surface area contributed by atoms with Gasteiger partial charge < -0.3 is 5.73 Å². The van der Waals surface area contributed by atoms with Gasteiger partial charge in [0.05, 0.1) is 0 Å². The summed E-state index contributed by atoms with van der Waals surface area (Å²) in [6, 6.07) is 7.50. The van der Waals surface area contributed by atoms with Crippen LogP contribution >= 0.6 is 11.8 Å². The second-order valence-electron chi connectivity index (χ2n) is 3.51. The lowest BCUT2D eigenvalue weighted by Crippen LogP contribution is -2.16. The highest BCUT2D eigenvalue weighted by Gasteiger charge is 2.21. The van der Waals surface area contributed by atoms with E-state index in [0.717, 1.165) is 5.56 Å². The molecule has 0 radical (unpaired) electrons. The summed E-state index contributed by atoms with van der Waals surface area (Å²) in [6.45, 7) is 1.99. The minimum absolute atomic E-state index is 0.0204. The van der Waals surface area contributed by atoms with Crippen LogP contribution < -0.4 is 5.73 Å². The Bertz CT molecular complexity index is 411. The molecule has 0 spiro atoms. The standard InChI is InChI=1S/C11H12N2OS/c1-7-2-4-8(5-3-7)10(14)11-13-9(12)6-15-11/h2-5,9H,6,12H2,1H3. The van der Waals surface area contributed by atoms with Crippen molar-refractivity contribution < 1.29 is 4.79 Å². The number of carbonyl (C=O) groups is 1. The summed E-state index contributed by atoms with van der Waals surface area (Å²) in [7, 11) is 0. The van der Waals surface area contributed by atoms with E-state index >= 15 is 0 Å². The first-order valence-corrected chi connectivity index (χ1v) is 5.73. The number of hydrogen-bond donors (Lipinski definition) is 1. The number of carbonyl (C=O) groups excluding carboxylic acids is 1. The second kappa shape index (κ2) is 4.16. The molecule has 2 rings (SSSR count). The Morgan fingerprint density at radius 2 is 2.13 bits per heavy atom. The topological polar surface area (TPSA) is 55.5 Å². The van der Waals surface area contributed by atoms with Crippen LogP contribution in [0.3, 0.4) is 0 Å². The van der Waals surface area contributed by atoms with Crippen molar-refractivity contribution in [2.45, 2.75) is 13.1 Å². The van der Waals surface area contributed by atoms with Gasteiger partial charge in [-0.3, -0.25) is 9.79 Å². The summed E-state index contributed by atoms with van der Waals surface area (Å²) >= 11 is 1.43. The molecule has 3 nitrogen and oxygen atoms in total. The van der Waals surface area contributed by atoms with Gasteiger partial charge in [0.2, 0.25) is 5.78 Å². The molecule has 1 aliphatic heterocycles. The van der Waals surface area contributed by atoms with Crippen LogP contribution in [-0.4, -0.2) is 22.7 Å². The van der Waals surface area contributed by atoms with Gasteiger partial charge in [-0.25, -0.2) is 0 Å². The van der Waals surface area contributed by atoms with E-state index in [1.807, 2.05) is 31.2 Å². The molecule has 1 atom stereocenters. The van der Waals surface area contributed by atoms with Crippen molar-refractivity contribution >= 4 is 22.6 Å². The quantitative estimate of drug-likeness (QED) is 0.770. The van der Waals surface area contributed by atoms with Crippen LogP contribution in [0.2, 0.25) is 0 Å². The first-order chi connectivity index (χ1) is 7.16. The van der Waals surface area contributed by atoms with E-state index in [9.17, 15) is 4.79 Å². The van der Waals surface area contributed by atoms with Crippen molar-refractivity contribution in [2.75, 3.05) is 5.75 Å². The van der Waals surface area contributed by atoms with Crippen LogP contribution in [-0.2, 0) is 0 Å². The third-order valence-corrected chi connectivity index (χ3v) is 3.25. The van der Waals surface area contributed by atoms with Crippen molar-refractivity contribution in [1.29, 1.82) is 0 Å². The molecule has 0 aliphatic carbocycles. The maximum atomic E-state index is 11.9. The summed E-state index contributed by atoms with van der Waals surface area (Å²) in [6.07, 6.45) is -0.223. The molecule has 1 aliphatic rings. The number of rotatable bonds is 2. The van der Waals surface area contributed by atoms with E-state index in [0.29, 0.717) is 16.4 Å². The zero-order chi connectivity index (χ0) is 10.8. The first kappa shape index (κ1) is 10.4. The minimum Gasteiger partial charge on any atom is -0.309 e. The van der Waals surface area contributed by atoms with Gasteiger partial charge >= 0.3 is 0 Å². The molecule has 0 amide bonds. The molecule has 0 bridgehead atoms. The normalized spacial score (nSPS) is 20.1. The van der Waals surface area contributed by atoms with Crippen LogP contribution in [0.4, 0.5) is 0 Å². The molecule has 1 unspecified atom stereocenters. The zero-order valence-corrected chi connectivity index (χ0v) is 9.25. The molecule has 1 aromatic rings. The Balaban J connectivity index is 2.21. The van der Waals surface area contributed by atoms with Gasteiger partial charge in [0, 0.05) is 11.3 Å². The van der Waals surface area contributed by atoms with Gasteiger partial charge in [-0.15, -0.1) is 0 Å². The molecule has 0 fully saturated rings. The fourth-order valence-electron chi connectivity index (χ4n) is 1.34. The number of nitrogens with zero attached hydrogens (tertiary/aromatic N) is 1. The Kier molecular flexibility index (Phi) is 2.88. The molecule has 1 aromatic carbocycles. The van der Waals surface area contributed by atoms with Crippen LogP contribution in [0.1, 0.15) is 15.9 Å². The van der Waals surface area contributed by atoms with E-state index < -0.39 is 0 Å². The maximum Gasteiger partial charge on any atom is 0.217 e. The number of aryl methyl sites for hydroxylation is 1. The molecule has 2 N–H and O–H groups in total. The van der Waals surface area contributed by atoms with E-state index in [1.165, 1.54) is 11.8 Å². The van der Waals surface area contributed by atoms with E-state index in [4.69, 9.17) is 5.73 Å². The van der Waals surface area contributed by atoms with Crippen molar-refractivity contribution in [3.8, 4) is 0 Å². The largest absolute Gasteiger partial charge is 0.309 e. The fraction of sp³-hybridized carbons (Fsp3) is 0.273. The first-order valence-electron chi connectivity index (χ1n) is 4.74. The van der Waals surface area contributed by atoms with E-state index in [1.54, 1.807) is 0 Å². The number of thioether (sulfide) groups is 1. The van der Waals surface area contributed by atoms with Crippen LogP contribution in [0, 0.1) is 6.92 Å². The number of hydrogen-bond acceptors (Lipinski definition) is 4. The van der Waals surface area contributed by atoms with Crippen LogP contribution in [0.25, 0.3) is 0 Å². The fourth-order valence-corrected chi connectivity index (χ4v) is 2.20. The van der Waals surface area contributed by atoms with Gasteiger partial charge in [-0.1, -0.05) is 41.6 Å². The summed E-state index contributed by atoms with van der Waals surface area (Å²) < 4.78 is 0. The summed E-state index contributed by atoms with van der Waals surface area (Å²) in [5.41, 5.74) is 7.43. The minimum atomic E-state index is -0.223. The van der Waals surface area contributed by atoms with E-state index in [2.05, 4.69) is 4.99 Å². The Labute approximate surface area is 92.8 Å². The SMILES string of the molecule is Cc1ccc(C(=O)C2=NC(N)CS2)cc1. The van der Waals surface area contributed by atoms with Gasteiger partial charge in [-0.05, 0) is 6.92 Å². The second-order valence-corrected chi connectivity index (χ2v) is 4.52. The number of benzene rings is 1. The number of nitrogens with two attached hydrogens (primary N) is 1. The van der Waals surface area contributed by atoms with Gasteiger partial charge in [0.25, 0.3) is 0 Å². The molecular weight excluding hydrogens is 208 g/mol. The smallest absolute Gasteiger partial charge is 0.217 e. The highest BCUT2D eigenvalue weighted by atomic mass is 32.2. The molecule has 78 valence electrons. The Morgan fingerprint density at radius 1 is 1.47 bits per heavy atom. The summed E-state index contributed by atoms with van der Waals surface area (Å²) in [5, 5.41) is 0.534. The zero-order valence-electron chi connectivity index (χ0n) is 8.43. The van der Waals surface area contributed by atoms with Crippen molar-refractivity contribution in [2.24, 2.45) is 10.7 Å². The lowest BCUT2D eigenvalue weighted by atomic mass is 10.1. The number of Topliss-reactive ketones (excluding diaryl/α,β-unsaturated/α-hetero) is 1. The number of ketones is 1. The monoisotopic (exact) mass is 220 g/mol. The maximum absolute atomic E-state index is 11.9. The van der Waals surface area contributed by atoms with E-state index in [-0.39, 0.29) is 11.9 Å². The summed E-state index contributed by atoms with van der Waals surface area (Å²) in [4.78, 5) is 16.0. The molecule has 4 heteroatoms. The van der Waals surface area contributed by atoms with Gasteiger partial charge in [0.1, 0.15) is 11.2 Å². The predicted octanol–water partition coefficient (Wildman–Crippen LogP) is 1.61. The molecule has 0 saturated heterocycles. The lowest BCUT2D eigenvalue weighted by Gasteiger charge is -1.99. The molecule has 1 heterocycles. The van der Waals surface area contributed by atoms with Crippen molar-refractivity contribution in [3.05, 3.63) is 35.4 Å². The average molecular weight is 220 g/mol. The molecule has 0 saturated carbocycles. The van der Waals surface area contributed by atoms with Gasteiger partial charge in [0.15, 0.2) is 0 Å². The lowest BCUT2D eigenvalue weighted by molar-refractivity contribution is 0.106. The van der Waals surface area contributed by atoms with Gasteiger partial charge in [-0.2, -0.15) is 0 Å². The number of aliphatic imine (C=N–C) groups is 1. The Morgan fingerprint density at radius 3 is 2.67 bits per heavy atom. The molecule has 0 aromatic heterocycles. The predicted molar refractivity (Wildman–Crippen MR) is 63.4 cm³/mol. The van der Waals surface area contributed by atoms with Crippen molar-refractivity contribution in [3.63, 3.8) is 0 Å². The Hall–Kier alpha value is -1.13. The van der Waals surface area contributed by atoms with Crippen LogP contribution in [0.5, 0.6) is 0 Å². The van der Waals surface area contributed by atoms with Crippen molar-refractivity contribution in [1.82, 2.24) is 0 Å². The highest BCUT2D eigenvalue weighted by molar-refractivity contribution is 8.16. The highest BCUT2D eigenvalue weighted by Crippen LogP contribution is 2.19. The third-order valence-electron chi connectivity index (χ3n) is 2.18. The third kappa shape index (κ3) is 2.27. The summed E-state index contributed by atoms with van der Waals surface area (Å²) in [5.74, 6) is 0.681. The van der Waals surface area contributed by atoms with Crippen LogP contribution in [0.15, 0.2) is 29.3 Å². The molecule has 15 heavy (non-hydrogen) atoms. The molecular formula is C11H12N2OS.